The molecule has 0 saturated heterocycles. The van der Waals surface area contributed by atoms with E-state index in [-0.39, 0.29) is 6.15 Å². The fourth-order valence-electron chi connectivity index (χ4n) is 1.68. The van der Waals surface area contributed by atoms with Crippen LogP contribution in [0.5, 0.6) is 0 Å². The fraction of sp³-hybridized carbons (Fsp3) is 0.500. The maximum atomic E-state index is 2.27. The quantitative estimate of drug-likeness (QED) is 0.740. The molecule has 0 fully saturated rings. The number of rotatable bonds is 4. The van der Waals surface area contributed by atoms with E-state index in [0.717, 1.165) is 5.92 Å². The van der Waals surface area contributed by atoms with Gasteiger partial charge in [0.25, 0.3) is 0 Å². The molecule has 0 amide bonds. The van der Waals surface area contributed by atoms with E-state index >= 15 is 0 Å². The summed E-state index contributed by atoms with van der Waals surface area (Å²) in [6.07, 6.45) is 3.87. The van der Waals surface area contributed by atoms with Gasteiger partial charge < -0.3 is 6.15 Å². The van der Waals surface area contributed by atoms with E-state index in [2.05, 4.69) is 44.2 Å². The van der Waals surface area contributed by atoms with Gasteiger partial charge in [0, 0.05) is 0 Å². The van der Waals surface area contributed by atoms with E-state index < -0.39 is 0 Å². The Balaban J connectivity index is 0.00000144. The average molecular weight is 179 g/mol. The molecule has 1 aromatic rings. The summed E-state index contributed by atoms with van der Waals surface area (Å²) in [6, 6.07) is 10.8. The topological polar surface area (TPSA) is 35.0 Å². The molecular weight excluding hydrogens is 158 g/mol. The van der Waals surface area contributed by atoms with Crippen molar-refractivity contribution in [3.05, 3.63) is 35.9 Å². The summed E-state index contributed by atoms with van der Waals surface area (Å²) in [6.45, 7) is 4.53. The first-order chi connectivity index (χ1) is 5.88. The molecular formula is C12H21N. The van der Waals surface area contributed by atoms with Gasteiger partial charge in [0.05, 0.1) is 0 Å². The van der Waals surface area contributed by atoms with Crippen LogP contribution >= 0.6 is 0 Å². The lowest BCUT2D eigenvalue weighted by Gasteiger charge is -2.13. The molecule has 74 valence electrons. The normalized spacial score (nSPS) is 11.8. The summed E-state index contributed by atoms with van der Waals surface area (Å²) < 4.78 is 0. The van der Waals surface area contributed by atoms with Gasteiger partial charge in [0.15, 0.2) is 0 Å². The molecule has 0 bridgehead atoms. The summed E-state index contributed by atoms with van der Waals surface area (Å²) in [5.41, 5.74) is 1.50. The van der Waals surface area contributed by atoms with Crippen molar-refractivity contribution in [1.29, 1.82) is 0 Å². The minimum Gasteiger partial charge on any atom is -0.344 e. The summed E-state index contributed by atoms with van der Waals surface area (Å²) in [7, 11) is 0. The van der Waals surface area contributed by atoms with Gasteiger partial charge in [-0.1, -0.05) is 50.6 Å². The van der Waals surface area contributed by atoms with Gasteiger partial charge in [-0.25, -0.2) is 0 Å². The molecule has 1 rings (SSSR count). The Morgan fingerprint density at radius 3 is 2.15 bits per heavy atom. The van der Waals surface area contributed by atoms with Crippen molar-refractivity contribution in [2.45, 2.75) is 39.0 Å². The zero-order valence-electron chi connectivity index (χ0n) is 8.79. The van der Waals surface area contributed by atoms with Crippen molar-refractivity contribution >= 4 is 0 Å². The molecule has 1 unspecified atom stereocenters. The minimum absolute atomic E-state index is 0. The van der Waals surface area contributed by atoms with Crippen LogP contribution in [0.2, 0.25) is 0 Å². The van der Waals surface area contributed by atoms with Crippen LogP contribution in [-0.4, -0.2) is 0 Å². The smallest absolute Gasteiger partial charge is 0.0165 e. The highest BCUT2D eigenvalue weighted by Crippen LogP contribution is 2.23. The number of benzene rings is 1. The molecule has 3 N–H and O–H groups in total. The van der Waals surface area contributed by atoms with E-state index in [9.17, 15) is 0 Å². The Labute approximate surface area is 81.8 Å². The van der Waals surface area contributed by atoms with Crippen LogP contribution in [0.1, 0.15) is 44.6 Å². The van der Waals surface area contributed by atoms with Crippen molar-refractivity contribution in [3.8, 4) is 0 Å². The molecule has 0 aromatic heterocycles. The van der Waals surface area contributed by atoms with Crippen molar-refractivity contribution in [1.82, 2.24) is 6.15 Å². The van der Waals surface area contributed by atoms with Crippen molar-refractivity contribution in [2.24, 2.45) is 0 Å². The first-order valence-corrected chi connectivity index (χ1v) is 4.93. The summed E-state index contributed by atoms with van der Waals surface area (Å²) >= 11 is 0. The third-order valence-electron chi connectivity index (χ3n) is 2.40. The van der Waals surface area contributed by atoms with Crippen LogP contribution in [0.4, 0.5) is 0 Å². The second-order valence-corrected chi connectivity index (χ2v) is 3.30. The highest BCUT2D eigenvalue weighted by molar-refractivity contribution is 5.19. The van der Waals surface area contributed by atoms with Gasteiger partial charge in [0.1, 0.15) is 0 Å². The zero-order valence-corrected chi connectivity index (χ0v) is 8.79. The molecule has 0 heterocycles. The van der Waals surface area contributed by atoms with Crippen molar-refractivity contribution in [3.63, 3.8) is 0 Å². The van der Waals surface area contributed by atoms with Crippen LogP contribution in [0.25, 0.3) is 0 Å². The molecule has 1 nitrogen and oxygen atoms in total. The lowest BCUT2D eigenvalue weighted by molar-refractivity contribution is 0.596. The fourth-order valence-corrected chi connectivity index (χ4v) is 1.68. The zero-order chi connectivity index (χ0) is 8.81. The molecule has 1 atom stereocenters. The maximum absolute atomic E-state index is 2.27. The second kappa shape index (κ2) is 6.67. The molecule has 0 spiro atoms. The monoisotopic (exact) mass is 179 g/mol. The van der Waals surface area contributed by atoms with E-state index in [4.69, 9.17) is 0 Å². The van der Waals surface area contributed by atoms with E-state index in [0.29, 0.717) is 0 Å². The van der Waals surface area contributed by atoms with Gasteiger partial charge in [-0.2, -0.15) is 0 Å². The van der Waals surface area contributed by atoms with Crippen LogP contribution < -0.4 is 6.15 Å². The first kappa shape index (κ1) is 12.2. The predicted octanol–water partition coefficient (Wildman–Crippen LogP) is 4.14. The van der Waals surface area contributed by atoms with Gasteiger partial charge >= 0.3 is 0 Å². The molecule has 1 heteroatoms. The number of hydrogen-bond acceptors (Lipinski definition) is 1. The number of hydrogen-bond donors (Lipinski definition) is 1. The van der Waals surface area contributed by atoms with Crippen LogP contribution in [0.15, 0.2) is 30.3 Å². The predicted molar refractivity (Wildman–Crippen MR) is 59.4 cm³/mol. The van der Waals surface area contributed by atoms with E-state index in [1.165, 1.54) is 24.8 Å². The van der Waals surface area contributed by atoms with Crippen molar-refractivity contribution < 1.29 is 0 Å². The Morgan fingerprint density at radius 2 is 1.69 bits per heavy atom. The van der Waals surface area contributed by atoms with Gasteiger partial charge in [-0.3, -0.25) is 0 Å². The van der Waals surface area contributed by atoms with E-state index in [1.807, 2.05) is 0 Å². The standard InChI is InChI=1S/C12H18.H3N/c1-3-8-11(4-2)12-9-6-5-7-10-12;/h5-7,9-11H,3-4,8H2,1-2H3;1H3. The minimum atomic E-state index is 0. The van der Waals surface area contributed by atoms with E-state index in [1.54, 1.807) is 0 Å². The third kappa shape index (κ3) is 3.60. The maximum Gasteiger partial charge on any atom is -0.0165 e. The highest BCUT2D eigenvalue weighted by Gasteiger charge is 2.05. The Morgan fingerprint density at radius 1 is 1.08 bits per heavy atom. The van der Waals surface area contributed by atoms with Crippen LogP contribution in [0.3, 0.4) is 0 Å². The SMILES string of the molecule is CCCC(CC)c1ccccc1.N. The Bertz CT molecular complexity index is 206. The lowest BCUT2D eigenvalue weighted by atomic mass is 9.92. The molecule has 1 aromatic carbocycles. The summed E-state index contributed by atoms with van der Waals surface area (Å²) in [4.78, 5) is 0. The summed E-state index contributed by atoms with van der Waals surface area (Å²) in [5, 5.41) is 0. The van der Waals surface area contributed by atoms with Gasteiger partial charge in [0.2, 0.25) is 0 Å². The lowest BCUT2D eigenvalue weighted by Crippen LogP contribution is -1.95. The molecule has 0 radical (unpaired) electrons. The Hall–Kier alpha value is -0.820. The van der Waals surface area contributed by atoms with Crippen LogP contribution in [0, 0.1) is 0 Å². The highest BCUT2D eigenvalue weighted by atomic mass is 14.1. The Kier molecular flexibility index (Phi) is 6.25. The largest absolute Gasteiger partial charge is 0.344 e. The first-order valence-electron chi connectivity index (χ1n) is 4.93. The molecule has 0 saturated carbocycles. The van der Waals surface area contributed by atoms with Gasteiger partial charge in [-0.15, -0.1) is 0 Å². The van der Waals surface area contributed by atoms with Crippen LogP contribution in [-0.2, 0) is 0 Å². The molecule has 0 aliphatic carbocycles. The third-order valence-corrected chi connectivity index (χ3v) is 2.40. The molecule has 0 aliphatic heterocycles. The molecule has 13 heavy (non-hydrogen) atoms. The molecule has 0 aliphatic rings. The van der Waals surface area contributed by atoms with Gasteiger partial charge in [-0.05, 0) is 24.3 Å². The summed E-state index contributed by atoms with van der Waals surface area (Å²) in [5.74, 6) is 0.774. The van der Waals surface area contributed by atoms with Crippen molar-refractivity contribution in [2.75, 3.05) is 0 Å². The second-order valence-electron chi connectivity index (χ2n) is 3.30. The average Bonchev–Trinajstić information content (AvgIpc) is 2.15.